The van der Waals surface area contributed by atoms with Gasteiger partial charge in [0.25, 0.3) is 11.8 Å². The summed E-state index contributed by atoms with van der Waals surface area (Å²) in [6, 6.07) is 9.96. The molecule has 0 aliphatic carbocycles. The minimum Gasteiger partial charge on any atom is -0.433 e. The van der Waals surface area contributed by atoms with E-state index in [9.17, 15) is 50.0 Å². The van der Waals surface area contributed by atoms with Gasteiger partial charge < -0.3 is 15.4 Å². The summed E-state index contributed by atoms with van der Waals surface area (Å²) in [4.78, 5) is 20.6. The summed E-state index contributed by atoms with van der Waals surface area (Å²) in [5.74, 6) is -3.18. The lowest BCUT2D eigenvalue weighted by Gasteiger charge is -2.32. The van der Waals surface area contributed by atoms with E-state index < -0.39 is 57.1 Å². The molecule has 3 aromatic rings. The number of hydrogen-bond acceptors (Lipinski definition) is 4. The van der Waals surface area contributed by atoms with Crippen molar-refractivity contribution in [2.45, 2.75) is 37.1 Å². The Morgan fingerprint density at radius 2 is 1.60 bits per heavy atom. The zero-order valence-electron chi connectivity index (χ0n) is 21.6. The van der Waals surface area contributed by atoms with Crippen LogP contribution in [0.25, 0.3) is 0 Å². The van der Waals surface area contributed by atoms with Crippen molar-refractivity contribution in [3.05, 3.63) is 86.9 Å². The maximum absolute atomic E-state index is 14.9. The third-order valence-electron chi connectivity index (χ3n) is 5.96. The van der Waals surface area contributed by atoms with Gasteiger partial charge in [0.2, 0.25) is 0 Å². The highest BCUT2D eigenvalue weighted by Crippen LogP contribution is 2.56. The van der Waals surface area contributed by atoms with Crippen molar-refractivity contribution in [2.75, 3.05) is 10.6 Å². The zero-order valence-corrected chi connectivity index (χ0v) is 24.0. The molecule has 43 heavy (non-hydrogen) atoms. The van der Waals surface area contributed by atoms with E-state index in [1.54, 1.807) is 19.1 Å². The summed E-state index contributed by atoms with van der Waals surface area (Å²) in [6.07, 6.45) is -6.27. The van der Waals surface area contributed by atoms with Crippen molar-refractivity contribution in [1.29, 1.82) is 5.26 Å². The number of anilines is 2. The molecule has 2 amide bonds. The number of benzene rings is 3. The van der Waals surface area contributed by atoms with Crippen LogP contribution in [0.15, 0.2) is 48.5 Å². The number of halogens is 10. The molecule has 2 N–H and O–H groups in total. The smallest absolute Gasteiger partial charge is 0.433 e. The number of nitriles is 1. The van der Waals surface area contributed by atoms with E-state index in [1.807, 2.05) is 18.3 Å². The average molecular weight is 699 g/mol. The molecule has 0 saturated carbocycles. The number of ether oxygens (including phenoxy) is 1. The first-order valence-electron chi connectivity index (χ1n) is 11.7. The minimum atomic E-state index is -6.27. The molecule has 228 valence electrons. The van der Waals surface area contributed by atoms with Gasteiger partial charge in [-0.15, -0.1) is 0 Å². The van der Waals surface area contributed by atoms with Crippen LogP contribution in [0.2, 0.25) is 5.02 Å². The van der Waals surface area contributed by atoms with Crippen LogP contribution in [-0.2, 0) is 5.67 Å². The van der Waals surface area contributed by atoms with E-state index in [1.165, 1.54) is 22.0 Å². The van der Waals surface area contributed by atoms with Gasteiger partial charge in [-0.05, 0) is 71.7 Å². The molecule has 6 nitrogen and oxygen atoms in total. The van der Waals surface area contributed by atoms with Crippen LogP contribution in [0, 0.1) is 25.2 Å². The molecule has 0 aliphatic heterocycles. The van der Waals surface area contributed by atoms with Gasteiger partial charge in [0, 0.05) is 16.7 Å². The lowest BCUT2D eigenvalue weighted by atomic mass is 9.94. The second kappa shape index (κ2) is 12.4. The fourth-order valence-electron chi connectivity index (χ4n) is 3.91. The first-order valence-corrected chi connectivity index (χ1v) is 12.8. The summed E-state index contributed by atoms with van der Waals surface area (Å²) in [5.41, 5.74) is -7.08. The molecule has 0 bridgehead atoms. The van der Waals surface area contributed by atoms with Gasteiger partial charge >= 0.3 is 23.3 Å². The van der Waals surface area contributed by atoms with Crippen LogP contribution >= 0.6 is 27.5 Å². The summed E-state index contributed by atoms with van der Waals surface area (Å²) in [7, 11) is 0. The van der Waals surface area contributed by atoms with Crippen LogP contribution in [0.1, 0.15) is 43.0 Å². The molecule has 0 aliphatic rings. The highest BCUT2D eigenvalue weighted by molar-refractivity contribution is 9.10. The molecule has 3 rings (SSSR count). The van der Waals surface area contributed by atoms with Gasteiger partial charge in [0.15, 0.2) is 5.75 Å². The van der Waals surface area contributed by atoms with Crippen molar-refractivity contribution >= 4 is 50.7 Å². The van der Waals surface area contributed by atoms with E-state index in [4.69, 9.17) is 11.6 Å². The van der Waals surface area contributed by atoms with Gasteiger partial charge in [-0.2, -0.15) is 36.0 Å². The quantitative estimate of drug-likeness (QED) is 0.182. The maximum atomic E-state index is 14.9. The highest BCUT2D eigenvalue weighted by Gasteiger charge is 2.71. The third-order valence-corrected chi connectivity index (χ3v) is 6.81. The Balaban J connectivity index is 2.03. The molecule has 0 spiro atoms. The number of amides is 2. The largest absolute Gasteiger partial charge is 0.433 e. The normalized spacial score (nSPS) is 13.2. The second-order valence-electron chi connectivity index (χ2n) is 8.96. The Labute approximate surface area is 251 Å². The molecular formula is C27H17BrClF8N3O3. The lowest BCUT2D eigenvalue weighted by Crippen LogP contribution is -2.49. The molecule has 0 fully saturated rings. The number of carbonyl (C=O) groups excluding carboxylic acids is 2. The molecule has 16 heteroatoms. The van der Waals surface area contributed by atoms with E-state index in [0.717, 1.165) is 23.8 Å². The van der Waals surface area contributed by atoms with Crippen molar-refractivity contribution in [3.8, 4) is 11.8 Å². The second-order valence-corrected chi connectivity index (χ2v) is 10.4. The number of rotatable bonds is 8. The van der Waals surface area contributed by atoms with Gasteiger partial charge in [-0.3, -0.25) is 9.59 Å². The Hall–Kier alpha value is -3.90. The first-order chi connectivity index (χ1) is 19.8. The van der Waals surface area contributed by atoms with Crippen molar-refractivity contribution in [3.63, 3.8) is 0 Å². The fraction of sp³-hybridized carbons (Fsp3) is 0.222. The molecule has 3 aromatic carbocycles. The first kappa shape index (κ1) is 33.6. The number of hydrogen-bond donors (Lipinski definition) is 2. The number of nitrogens with one attached hydrogen (secondary N) is 2. The predicted molar refractivity (Wildman–Crippen MR) is 144 cm³/mol. The number of alkyl halides is 9. The topological polar surface area (TPSA) is 91.2 Å². The minimum absolute atomic E-state index is 0.0620. The predicted octanol–water partition coefficient (Wildman–Crippen LogP) is 8.65. The fourth-order valence-corrected chi connectivity index (χ4v) is 4.62. The molecule has 0 aromatic heterocycles. The Bertz CT molecular complexity index is 1610. The lowest BCUT2D eigenvalue weighted by molar-refractivity contribution is -0.282. The average Bonchev–Trinajstić information content (AvgIpc) is 2.88. The van der Waals surface area contributed by atoms with E-state index in [2.05, 4.69) is 10.1 Å². The van der Waals surface area contributed by atoms with Gasteiger partial charge in [-0.1, -0.05) is 29.3 Å². The molecule has 0 radical (unpaired) electrons. The van der Waals surface area contributed by atoms with Crippen LogP contribution in [0.4, 0.5) is 46.5 Å². The van der Waals surface area contributed by atoms with Crippen molar-refractivity contribution < 1.29 is 49.4 Å². The van der Waals surface area contributed by atoms with Crippen LogP contribution in [0.3, 0.4) is 0 Å². The van der Waals surface area contributed by atoms with Gasteiger partial charge in [0.1, 0.15) is 11.8 Å². The molecular weight excluding hydrogens is 682 g/mol. The summed E-state index contributed by atoms with van der Waals surface area (Å²) in [6.45, 7) is -0.289. The van der Waals surface area contributed by atoms with Crippen molar-refractivity contribution in [2.24, 2.45) is 0 Å². The molecule has 1 atom stereocenters. The zero-order chi connectivity index (χ0) is 32.5. The summed E-state index contributed by atoms with van der Waals surface area (Å²) < 4.78 is 113. The van der Waals surface area contributed by atoms with Crippen LogP contribution in [-0.4, -0.2) is 29.4 Å². The molecule has 1 unspecified atom stereocenters. The number of aryl methyl sites for hydroxylation is 2. The van der Waals surface area contributed by atoms with E-state index in [-0.39, 0.29) is 34.5 Å². The van der Waals surface area contributed by atoms with Crippen molar-refractivity contribution in [1.82, 2.24) is 0 Å². The number of nitrogens with zero attached hydrogens (tertiary/aromatic N) is 1. The van der Waals surface area contributed by atoms with Crippen LogP contribution in [0.5, 0.6) is 5.75 Å². The van der Waals surface area contributed by atoms with Gasteiger partial charge in [0.05, 0.1) is 16.3 Å². The molecule has 0 heterocycles. The maximum Gasteiger partial charge on any atom is 0.433 e. The molecule has 0 saturated heterocycles. The third kappa shape index (κ3) is 7.02. The Morgan fingerprint density at radius 1 is 0.953 bits per heavy atom. The van der Waals surface area contributed by atoms with E-state index >= 15 is 0 Å². The monoisotopic (exact) mass is 697 g/mol. The number of carbonyl (C=O) groups is 2. The van der Waals surface area contributed by atoms with E-state index in [0.29, 0.717) is 5.56 Å². The standard InChI is InChI=1S/C27H17BrClF8N3O3/c1-12-3-6-17(13(2)7-12)23(42)39-19-8-14(4-5-15(19)11-38)22(41)40-21-18(29)9-16(10-20(21)43-24(30)31)25(32,26(28,33)34)27(35,36)37/h3-10,24H,1-2H3,(H,39,42)(H,40,41). The summed E-state index contributed by atoms with van der Waals surface area (Å²) >= 11 is 7.20. The SMILES string of the molecule is Cc1ccc(C(=O)Nc2cc(C(=O)Nc3c(Cl)cc(C(F)(C(F)(F)F)C(F)(F)Br)cc3OC(F)F)ccc2C#N)c(C)c1. The van der Waals surface area contributed by atoms with Gasteiger partial charge in [-0.25, -0.2) is 4.39 Å². The Kier molecular flexibility index (Phi) is 9.67. The van der Waals surface area contributed by atoms with Crippen LogP contribution < -0.4 is 15.4 Å². The summed E-state index contributed by atoms with van der Waals surface area (Å²) in [5, 5.41) is 12.9. The Morgan fingerprint density at radius 3 is 2.14 bits per heavy atom. The highest BCUT2D eigenvalue weighted by atomic mass is 79.9.